The SMILES string of the molecule is Cc1nn(CCNC(=O)CCSc2ccccc2)c(C)c1-c1ccsc1. The first-order chi connectivity index (χ1) is 12.6. The lowest BCUT2D eigenvalue weighted by Crippen LogP contribution is -2.28. The van der Waals surface area contributed by atoms with E-state index in [-0.39, 0.29) is 5.91 Å². The Morgan fingerprint density at radius 2 is 2.04 bits per heavy atom. The second kappa shape index (κ2) is 9.05. The number of carbonyl (C=O) groups excluding carboxylic acids is 1. The number of thioether (sulfide) groups is 1. The molecule has 0 saturated heterocycles. The van der Waals surface area contributed by atoms with Crippen molar-refractivity contribution in [2.75, 3.05) is 12.3 Å². The number of nitrogens with one attached hydrogen (secondary N) is 1. The summed E-state index contributed by atoms with van der Waals surface area (Å²) in [6.07, 6.45) is 0.525. The molecule has 0 saturated carbocycles. The summed E-state index contributed by atoms with van der Waals surface area (Å²) in [5, 5.41) is 11.9. The van der Waals surface area contributed by atoms with E-state index in [2.05, 4.69) is 46.3 Å². The Hall–Kier alpha value is -2.05. The van der Waals surface area contributed by atoms with Gasteiger partial charge in [-0.05, 0) is 48.4 Å². The Morgan fingerprint density at radius 3 is 2.77 bits per heavy atom. The minimum atomic E-state index is 0.0908. The van der Waals surface area contributed by atoms with Crippen LogP contribution in [-0.4, -0.2) is 28.0 Å². The van der Waals surface area contributed by atoms with Crippen molar-refractivity contribution in [2.24, 2.45) is 0 Å². The molecule has 2 aromatic heterocycles. The Kier molecular flexibility index (Phi) is 6.52. The predicted molar refractivity (Wildman–Crippen MR) is 110 cm³/mol. The van der Waals surface area contributed by atoms with Crippen molar-refractivity contribution >= 4 is 29.0 Å². The number of benzene rings is 1. The average molecular weight is 386 g/mol. The predicted octanol–water partition coefficient (Wildman–Crippen LogP) is 4.53. The second-order valence-corrected chi connectivity index (χ2v) is 7.99. The van der Waals surface area contributed by atoms with Gasteiger partial charge in [0.05, 0.1) is 12.2 Å². The van der Waals surface area contributed by atoms with E-state index >= 15 is 0 Å². The van der Waals surface area contributed by atoms with Crippen molar-refractivity contribution < 1.29 is 4.79 Å². The van der Waals surface area contributed by atoms with Crippen molar-refractivity contribution in [1.29, 1.82) is 0 Å². The molecule has 6 heteroatoms. The summed E-state index contributed by atoms with van der Waals surface area (Å²) in [4.78, 5) is 13.2. The highest BCUT2D eigenvalue weighted by Crippen LogP contribution is 2.28. The van der Waals surface area contributed by atoms with Crippen molar-refractivity contribution in [3.05, 3.63) is 58.5 Å². The average Bonchev–Trinajstić information content (AvgIpc) is 3.24. The number of nitrogens with zero attached hydrogens (tertiary/aromatic N) is 2. The molecule has 0 radical (unpaired) electrons. The number of hydrogen-bond donors (Lipinski definition) is 1. The van der Waals surface area contributed by atoms with E-state index in [1.165, 1.54) is 16.0 Å². The van der Waals surface area contributed by atoms with Crippen molar-refractivity contribution in [3.63, 3.8) is 0 Å². The zero-order valence-electron chi connectivity index (χ0n) is 15.1. The molecule has 0 atom stereocenters. The summed E-state index contributed by atoms with van der Waals surface area (Å²) in [6, 6.07) is 12.3. The van der Waals surface area contributed by atoms with Gasteiger partial charge in [0.1, 0.15) is 0 Å². The van der Waals surface area contributed by atoms with Gasteiger partial charge in [-0.3, -0.25) is 9.48 Å². The lowest BCUT2D eigenvalue weighted by Gasteiger charge is -2.07. The van der Waals surface area contributed by atoms with Crippen LogP contribution in [0.2, 0.25) is 0 Å². The van der Waals surface area contributed by atoms with Crippen molar-refractivity contribution in [2.45, 2.75) is 31.7 Å². The van der Waals surface area contributed by atoms with Crippen LogP contribution in [0.3, 0.4) is 0 Å². The topological polar surface area (TPSA) is 46.9 Å². The van der Waals surface area contributed by atoms with Gasteiger partial charge in [-0.15, -0.1) is 11.8 Å². The maximum atomic E-state index is 12.0. The summed E-state index contributed by atoms with van der Waals surface area (Å²) in [5.74, 6) is 0.880. The first-order valence-electron chi connectivity index (χ1n) is 8.66. The van der Waals surface area contributed by atoms with Crippen LogP contribution in [0.15, 0.2) is 52.1 Å². The number of rotatable bonds is 8. The summed E-state index contributed by atoms with van der Waals surface area (Å²) in [6.45, 7) is 5.41. The Balaban J connectivity index is 1.45. The molecule has 136 valence electrons. The van der Waals surface area contributed by atoms with Gasteiger partial charge in [0.2, 0.25) is 5.91 Å². The highest BCUT2D eigenvalue weighted by Gasteiger charge is 2.13. The number of thiophene rings is 1. The fourth-order valence-electron chi connectivity index (χ4n) is 2.91. The molecule has 1 N–H and O–H groups in total. The van der Waals surface area contributed by atoms with Gasteiger partial charge >= 0.3 is 0 Å². The minimum absolute atomic E-state index is 0.0908. The van der Waals surface area contributed by atoms with Crippen LogP contribution >= 0.6 is 23.1 Å². The zero-order valence-corrected chi connectivity index (χ0v) is 16.7. The van der Waals surface area contributed by atoms with Gasteiger partial charge in [-0.25, -0.2) is 0 Å². The Bertz CT molecular complexity index is 842. The van der Waals surface area contributed by atoms with Gasteiger partial charge in [0, 0.05) is 34.9 Å². The van der Waals surface area contributed by atoms with E-state index in [4.69, 9.17) is 0 Å². The lowest BCUT2D eigenvalue weighted by atomic mass is 10.1. The van der Waals surface area contributed by atoms with E-state index in [1.54, 1.807) is 23.1 Å². The zero-order chi connectivity index (χ0) is 18.4. The molecular formula is C20H23N3OS2. The third-order valence-corrected chi connectivity index (χ3v) is 5.88. The highest BCUT2D eigenvalue weighted by atomic mass is 32.2. The molecule has 1 amide bonds. The second-order valence-electron chi connectivity index (χ2n) is 6.04. The summed E-state index contributed by atoms with van der Waals surface area (Å²) in [5.41, 5.74) is 4.61. The molecular weight excluding hydrogens is 362 g/mol. The van der Waals surface area contributed by atoms with Gasteiger partial charge in [-0.1, -0.05) is 18.2 Å². The monoisotopic (exact) mass is 385 g/mol. The van der Waals surface area contributed by atoms with E-state index in [1.807, 2.05) is 29.8 Å². The maximum Gasteiger partial charge on any atom is 0.220 e. The molecule has 0 spiro atoms. The third kappa shape index (κ3) is 4.77. The molecule has 3 aromatic rings. The van der Waals surface area contributed by atoms with E-state index in [9.17, 15) is 4.79 Å². The molecule has 26 heavy (non-hydrogen) atoms. The molecule has 0 aliphatic carbocycles. The molecule has 4 nitrogen and oxygen atoms in total. The molecule has 0 fully saturated rings. The van der Waals surface area contributed by atoms with Crippen LogP contribution in [0.4, 0.5) is 0 Å². The van der Waals surface area contributed by atoms with Gasteiger partial charge < -0.3 is 5.32 Å². The van der Waals surface area contributed by atoms with Gasteiger partial charge in [-0.2, -0.15) is 16.4 Å². The van der Waals surface area contributed by atoms with Crippen LogP contribution in [0, 0.1) is 13.8 Å². The number of aromatic nitrogens is 2. The standard InChI is InChI=1S/C20H23N3OS2/c1-15-20(17-8-12-25-14-17)16(2)23(22-15)11-10-21-19(24)9-13-26-18-6-4-3-5-7-18/h3-8,12,14H,9-11,13H2,1-2H3,(H,21,24). The van der Waals surface area contributed by atoms with Crippen LogP contribution in [0.25, 0.3) is 11.1 Å². The quantitative estimate of drug-likeness (QED) is 0.580. The van der Waals surface area contributed by atoms with E-state index in [0.717, 1.165) is 17.1 Å². The van der Waals surface area contributed by atoms with Gasteiger partial charge in [0.25, 0.3) is 0 Å². The van der Waals surface area contributed by atoms with E-state index < -0.39 is 0 Å². The molecule has 1 aromatic carbocycles. The fraction of sp³-hybridized carbons (Fsp3) is 0.300. The number of hydrogen-bond acceptors (Lipinski definition) is 4. The summed E-state index contributed by atoms with van der Waals surface area (Å²) >= 11 is 3.40. The first kappa shape index (κ1) is 18.7. The molecule has 3 rings (SSSR count). The summed E-state index contributed by atoms with van der Waals surface area (Å²) in [7, 11) is 0. The smallest absolute Gasteiger partial charge is 0.220 e. The van der Waals surface area contributed by atoms with Crippen molar-refractivity contribution in [1.82, 2.24) is 15.1 Å². The Labute approximate surface area is 162 Å². The molecule has 0 bridgehead atoms. The minimum Gasteiger partial charge on any atom is -0.354 e. The fourth-order valence-corrected chi connectivity index (χ4v) is 4.43. The maximum absolute atomic E-state index is 12.0. The Morgan fingerprint density at radius 1 is 1.23 bits per heavy atom. The van der Waals surface area contributed by atoms with Crippen LogP contribution in [0.1, 0.15) is 17.8 Å². The van der Waals surface area contributed by atoms with Gasteiger partial charge in [0.15, 0.2) is 0 Å². The highest BCUT2D eigenvalue weighted by molar-refractivity contribution is 7.99. The van der Waals surface area contributed by atoms with Crippen LogP contribution in [0.5, 0.6) is 0 Å². The number of amides is 1. The molecule has 0 aliphatic heterocycles. The molecule has 2 heterocycles. The first-order valence-corrected chi connectivity index (χ1v) is 10.6. The van der Waals surface area contributed by atoms with E-state index in [0.29, 0.717) is 19.5 Å². The normalized spacial score (nSPS) is 10.8. The number of aryl methyl sites for hydroxylation is 1. The van der Waals surface area contributed by atoms with Crippen LogP contribution in [-0.2, 0) is 11.3 Å². The number of carbonyl (C=O) groups is 1. The van der Waals surface area contributed by atoms with Crippen LogP contribution < -0.4 is 5.32 Å². The largest absolute Gasteiger partial charge is 0.354 e. The molecule has 0 unspecified atom stereocenters. The third-order valence-electron chi connectivity index (χ3n) is 4.18. The lowest BCUT2D eigenvalue weighted by molar-refractivity contribution is -0.120. The molecule has 0 aliphatic rings. The summed E-state index contributed by atoms with van der Waals surface area (Å²) < 4.78 is 1.99. The van der Waals surface area contributed by atoms with Crippen molar-refractivity contribution in [3.8, 4) is 11.1 Å².